The van der Waals surface area contributed by atoms with E-state index in [1.54, 1.807) is 24.4 Å². The highest BCUT2D eigenvalue weighted by Crippen LogP contribution is 2.55. The zero-order valence-corrected chi connectivity index (χ0v) is 19.0. The molecule has 34 heavy (non-hydrogen) atoms. The summed E-state index contributed by atoms with van der Waals surface area (Å²) in [6, 6.07) is 8.73. The lowest BCUT2D eigenvalue weighted by Crippen LogP contribution is -2.54. The zero-order valence-electron chi connectivity index (χ0n) is 19.0. The van der Waals surface area contributed by atoms with Crippen LogP contribution >= 0.6 is 0 Å². The van der Waals surface area contributed by atoms with E-state index in [1.165, 1.54) is 6.07 Å². The Balaban J connectivity index is 1.40. The van der Waals surface area contributed by atoms with Crippen molar-refractivity contribution in [3.05, 3.63) is 59.9 Å². The van der Waals surface area contributed by atoms with Gasteiger partial charge in [-0.3, -0.25) is 4.98 Å². The van der Waals surface area contributed by atoms with Crippen molar-refractivity contribution in [1.82, 2.24) is 4.98 Å². The maximum atomic E-state index is 13.0. The number of esters is 1. The zero-order chi connectivity index (χ0) is 24.1. The highest BCUT2D eigenvalue weighted by atomic mass is 19.4. The van der Waals surface area contributed by atoms with E-state index in [2.05, 4.69) is 11.1 Å². The van der Waals surface area contributed by atoms with E-state index in [9.17, 15) is 23.1 Å². The molecular formula is C27H28F3NO3. The monoisotopic (exact) mass is 471 g/mol. The quantitative estimate of drug-likeness (QED) is 0.567. The van der Waals surface area contributed by atoms with Gasteiger partial charge in [-0.25, -0.2) is 4.79 Å². The number of aliphatic hydroxyl groups is 1. The number of aromatic nitrogens is 1. The Bertz CT molecular complexity index is 1100. The number of hydrogen-bond donors (Lipinski definition) is 1. The predicted octanol–water partition coefficient (Wildman–Crippen LogP) is 5.90. The van der Waals surface area contributed by atoms with Gasteiger partial charge in [0.15, 0.2) is 5.60 Å². The molecule has 1 saturated heterocycles. The maximum Gasteiger partial charge on any atom is 0.416 e. The normalized spacial score (nSPS) is 33.4. The Kier molecular flexibility index (Phi) is 5.79. The number of rotatable bonds is 3. The first kappa shape index (κ1) is 23.1. The summed E-state index contributed by atoms with van der Waals surface area (Å²) in [7, 11) is 0. The minimum atomic E-state index is -4.40. The van der Waals surface area contributed by atoms with Crippen LogP contribution in [0.2, 0.25) is 0 Å². The van der Waals surface area contributed by atoms with Crippen molar-refractivity contribution in [2.45, 2.75) is 56.9 Å². The third-order valence-electron chi connectivity index (χ3n) is 7.95. The first-order chi connectivity index (χ1) is 16.2. The molecule has 0 radical (unpaired) electrons. The van der Waals surface area contributed by atoms with E-state index in [1.807, 2.05) is 13.0 Å². The number of ether oxygens (including phenoxy) is 1. The molecule has 1 aromatic heterocycles. The van der Waals surface area contributed by atoms with E-state index >= 15 is 0 Å². The number of nitrogens with zero attached hydrogens (tertiary/aromatic N) is 1. The van der Waals surface area contributed by atoms with Crippen LogP contribution in [0.4, 0.5) is 13.2 Å². The molecule has 2 aromatic rings. The molecule has 180 valence electrons. The van der Waals surface area contributed by atoms with Crippen LogP contribution < -0.4 is 0 Å². The van der Waals surface area contributed by atoms with Gasteiger partial charge in [0, 0.05) is 17.7 Å². The van der Waals surface area contributed by atoms with Crippen molar-refractivity contribution >= 4 is 12.0 Å². The van der Waals surface area contributed by atoms with E-state index in [-0.39, 0.29) is 17.9 Å². The van der Waals surface area contributed by atoms with Crippen LogP contribution in [0.25, 0.3) is 17.2 Å². The number of hydrogen-bond acceptors (Lipinski definition) is 4. The summed E-state index contributed by atoms with van der Waals surface area (Å²) in [5, 5.41) is 11.3. The van der Waals surface area contributed by atoms with Crippen molar-refractivity contribution in [1.29, 1.82) is 0 Å². The van der Waals surface area contributed by atoms with Gasteiger partial charge in [-0.1, -0.05) is 43.5 Å². The summed E-state index contributed by atoms with van der Waals surface area (Å²) >= 11 is 0. The summed E-state index contributed by atoms with van der Waals surface area (Å²) in [6.07, 6.45) is 5.58. The van der Waals surface area contributed by atoms with Crippen LogP contribution in [-0.4, -0.2) is 27.8 Å². The molecular weight excluding hydrogens is 443 g/mol. The van der Waals surface area contributed by atoms with Crippen LogP contribution in [0.3, 0.4) is 0 Å². The van der Waals surface area contributed by atoms with Crippen LogP contribution in [0.5, 0.6) is 0 Å². The highest BCUT2D eigenvalue weighted by molar-refractivity contribution is 5.82. The fourth-order valence-corrected chi connectivity index (χ4v) is 6.40. The second-order valence-corrected chi connectivity index (χ2v) is 9.96. The van der Waals surface area contributed by atoms with Crippen LogP contribution in [0, 0.1) is 23.7 Å². The van der Waals surface area contributed by atoms with Crippen molar-refractivity contribution in [2.24, 2.45) is 23.7 Å². The molecule has 3 fully saturated rings. The fourth-order valence-electron chi connectivity index (χ4n) is 6.40. The summed E-state index contributed by atoms with van der Waals surface area (Å²) in [4.78, 5) is 17.0. The Morgan fingerprint density at radius 2 is 1.94 bits per heavy atom. The average Bonchev–Trinajstić information content (AvgIpc) is 3.04. The molecule has 3 aliphatic rings. The van der Waals surface area contributed by atoms with Gasteiger partial charge in [-0.2, -0.15) is 13.2 Å². The first-order valence-corrected chi connectivity index (χ1v) is 11.9. The third-order valence-corrected chi connectivity index (χ3v) is 7.95. The third kappa shape index (κ3) is 4.04. The Labute approximate surface area is 196 Å². The molecule has 2 aliphatic carbocycles. The molecule has 2 saturated carbocycles. The van der Waals surface area contributed by atoms with E-state index < -0.39 is 23.3 Å². The lowest BCUT2D eigenvalue weighted by molar-refractivity contribution is -0.162. The molecule has 7 heteroatoms. The molecule has 1 aromatic carbocycles. The average molecular weight is 472 g/mol. The number of cyclic esters (lactones) is 1. The van der Waals surface area contributed by atoms with Crippen LogP contribution in [0.15, 0.2) is 48.7 Å². The number of allylic oxidation sites excluding steroid dienone is 1. The fraction of sp³-hybridized carbons (Fsp3) is 0.481. The molecule has 0 unspecified atom stereocenters. The number of alkyl halides is 3. The van der Waals surface area contributed by atoms with Crippen molar-refractivity contribution < 1.29 is 27.8 Å². The van der Waals surface area contributed by atoms with Gasteiger partial charge in [0.05, 0.1) is 11.3 Å². The molecule has 2 heterocycles. The lowest BCUT2D eigenvalue weighted by atomic mass is 9.56. The van der Waals surface area contributed by atoms with Gasteiger partial charge in [0.1, 0.15) is 6.10 Å². The molecule has 1 N–H and O–H groups in total. The largest absolute Gasteiger partial charge is 0.460 e. The predicted molar refractivity (Wildman–Crippen MR) is 121 cm³/mol. The number of carbonyl (C=O) groups is 1. The summed E-state index contributed by atoms with van der Waals surface area (Å²) in [6.45, 7) is 1.85. The van der Waals surface area contributed by atoms with Crippen molar-refractivity contribution in [2.75, 3.05) is 0 Å². The Morgan fingerprint density at radius 3 is 2.68 bits per heavy atom. The van der Waals surface area contributed by atoms with Crippen molar-refractivity contribution in [3.63, 3.8) is 0 Å². The molecule has 4 nitrogen and oxygen atoms in total. The molecule has 0 spiro atoms. The van der Waals surface area contributed by atoms with Crippen LogP contribution in [-0.2, 0) is 15.7 Å². The Hall–Kier alpha value is -2.67. The first-order valence-electron chi connectivity index (χ1n) is 11.9. The SMILES string of the molecule is C[C@H]1OC(=O)[C@]2(O)C[C@@H]3CCCC[C@H]3[C@H](/C=C/c3ccc(-c4cccc(C(F)(F)F)c4)cn3)[C@H]12. The number of pyridine rings is 1. The van der Waals surface area contributed by atoms with E-state index in [4.69, 9.17) is 4.74 Å². The smallest absolute Gasteiger partial charge is 0.416 e. The number of halogens is 3. The van der Waals surface area contributed by atoms with E-state index in [0.29, 0.717) is 35.1 Å². The summed E-state index contributed by atoms with van der Waals surface area (Å²) in [5.74, 6) is -0.123. The Morgan fingerprint density at radius 1 is 1.15 bits per heavy atom. The molecule has 6 atom stereocenters. The van der Waals surface area contributed by atoms with Gasteiger partial charge in [0.25, 0.3) is 0 Å². The standard InChI is InChI=1S/C27H28F3NO3/c1-16-24-23(22-8-3-2-5-18(22)14-26(24,33)25(32)34-16)12-11-21-10-9-19(15-31-21)17-6-4-7-20(13-17)27(28,29)30/h4,6-7,9-13,15-16,18,22-24,33H,2-3,5,8,14H2,1H3/b12-11+/t16-,18+,22-,23+,24+,26+/m1/s1. The van der Waals surface area contributed by atoms with Crippen molar-refractivity contribution in [3.8, 4) is 11.1 Å². The van der Waals surface area contributed by atoms with Crippen LogP contribution in [0.1, 0.15) is 50.3 Å². The summed E-state index contributed by atoms with van der Waals surface area (Å²) in [5.41, 5.74) is -0.395. The highest BCUT2D eigenvalue weighted by Gasteiger charge is 2.63. The minimum absolute atomic E-state index is 0.00422. The molecule has 0 amide bonds. The molecule has 1 aliphatic heterocycles. The topological polar surface area (TPSA) is 59.4 Å². The van der Waals surface area contributed by atoms with E-state index in [0.717, 1.165) is 37.8 Å². The number of benzene rings is 1. The lowest BCUT2D eigenvalue weighted by Gasteiger charge is -2.48. The van der Waals surface area contributed by atoms with Gasteiger partial charge < -0.3 is 9.84 Å². The second kappa shape index (κ2) is 8.52. The second-order valence-electron chi connectivity index (χ2n) is 9.96. The van der Waals surface area contributed by atoms with Gasteiger partial charge in [-0.15, -0.1) is 0 Å². The summed E-state index contributed by atoms with van der Waals surface area (Å²) < 4.78 is 44.6. The van der Waals surface area contributed by atoms with Gasteiger partial charge in [-0.05, 0) is 67.4 Å². The van der Waals surface area contributed by atoms with Gasteiger partial charge in [0.2, 0.25) is 0 Å². The number of fused-ring (bicyclic) bond motifs is 2. The maximum absolute atomic E-state index is 13.0. The molecule has 5 rings (SSSR count). The number of carbonyl (C=O) groups excluding carboxylic acids is 1. The minimum Gasteiger partial charge on any atom is -0.460 e. The molecule has 0 bridgehead atoms. The van der Waals surface area contributed by atoms with Gasteiger partial charge >= 0.3 is 12.1 Å².